The first-order chi connectivity index (χ1) is 16.3. The van der Waals surface area contributed by atoms with Crippen LogP contribution in [0.5, 0.6) is 0 Å². The largest absolute Gasteiger partial charge is 0.463 e. The highest BCUT2D eigenvalue weighted by Gasteiger charge is 2.43. The third-order valence-electron chi connectivity index (χ3n) is 6.79. The highest BCUT2D eigenvalue weighted by atomic mass is 16.5. The first-order valence-electron chi connectivity index (χ1n) is 12.3. The maximum Gasteiger partial charge on any atom is 0.336 e. The molecule has 2 aromatic rings. The molecule has 1 heterocycles. The lowest BCUT2D eigenvalue weighted by atomic mass is 9.68. The maximum atomic E-state index is 13.5. The van der Waals surface area contributed by atoms with Gasteiger partial charge in [0.2, 0.25) is 0 Å². The van der Waals surface area contributed by atoms with Crippen LogP contribution in [0.4, 0.5) is 0 Å². The molecule has 0 saturated heterocycles. The number of allylic oxidation sites excluding steroid dienone is 3. The summed E-state index contributed by atoms with van der Waals surface area (Å²) < 4.78 is 5.52. The van der Waals surface area contributed by atoms with Gasteiger partial charge in [0.25, 0.3) is 0 Å². The quantitative estimate of drug-likeness (QED) is 0.496. The zero-order valence-electron chi connectivity index (χ0n) is 21.0. The number of Topliss-reactive ketones (excluding diaryl/α,β-unsaturated/α-hetero) is 1. The summed E-state index contributed by atoms with van der Waals surface area (Å²) in [5, 5.41) is 3.52. The van der Waals surface area contributed by atoms with Crippen LogP contribution >= 0.6 is 0 Å². The smallest absolute Gasteiger partial charge is 0.336 e. The van der Waals surface area contributed by atoms with Crippen LogP contribution in [0.25, 0.3) is 11.1 Å². The highest BCUT2D eigenvalue weighted by molar-refractivity contribution is 6.04. The summed E-state index contributed by atoms with van der Waals surface area (Å²) in [7, 11) is 0. The lowest BCUT2D eigenvalue weighted by Gasteiger charge is -2.40. The zero-order chi connectivity index (χ0) is 24.5. The summed E-state index contributed by atoms with van der Waals surface area (Å²) in [4.78, 5) is 26.8. The molecular weight excluding hydrogens is 422 g/mol. The van der Waals surface area contributed by atoms with Gasteiger partial charge in [0.05, 0.1) is 12.2 Å². The molecule has 1 atom stereocenters. The van der Waals surface area contributed by atoms with Crippen molar-refractivity contribution >= 4 is 11.8 Å². The van der Waals surface area contributed by atoms with E-state index in [1.807, 2.05) is 25.1 Å². The second-order valence-electron chi connectivity index (χ2n) is 10.2. The number of aryl methyl sites for hydroxylation is 1. The molecule has 0 saturated carbocycles. The van der Waals surface area contributed by atoms with Gasteiger partial charge < -0.3 is 10.1 Å². The van der Waals surface area contributed by atoms with E-state index in [0.717, 1.165) is 58.5 Å². The Morgan fingerprint density at radius 1 is 1.09 bits per heavy atom. The molecule has 0 fully saturated rings. The molecule has 178 valence electrons. The molecular formula is C30H35NO3. The Hall–Kier alpha value is -3.14. The molecule has 0 bridgehead atoms. The van der Waals surface area contributed by atoms with E-state index in [9.17, 15) is 9.59 Å². The molecule has 1 unspecified atom stereocenters. The second-order valence-corrected chi connectivity index (χ2v) is 10.2. The van der Waals surface area contributed by atoms with Crippen LogP contribution in [0.15, 0.2) is 71.1 Å². The first-order valence-corrected chi connectivity index (χ1v) is 12.3. The summed E-state index contributed by atoms with van der Waals surface area (Å²) in [5.74, 6) is -0.632. The van der Waals surface area contributed by atoms with Gasteiger partial charge in [-0.1, -0.05) is 75.7 Å². The summed E-state index contributed by atoms with van der Waals surface area (Å²) in [6.45, 7) is 10.6. The fraction of sp³-hybridized carbons (Fsp3) is 0.400. The Bertz CT molecular complexity index is 1170. The normalized spacial score (nSPS) is 19.6. The molecule has 4 nitrogen and oxygen atoms in total. The van der Waals surface area contributed by atoms with E-state index < -0.39 is 5.92 Å². The van der Waals surface area contributed by atoms with Crippen molar-refractivity contribution in [2.45, 2.75) is 66.2 Å². The summed E-state index contributed by atoms with van der Waals surface area (Å²) in [6, 6.07) is 16.6. The second kappa shape index (κ2) is 9.61. The SMILES string of the molecule is CCCC1=C(C(=O)OCC)C(c2ccc(-c3ccccc3)c(C)c2)C2=C(CC(C)(C)CC2=O)N1. The van der Waals surface area contributed by atoms with Gasteiger partial charge >= 0.3 is 5.97 Å². The monoisotopic (exact) mass is 457 g/mol. The lowest BCUT2D eigenvalue weighted by molar-refractivity contribution is -0.138. The summed E-state index contributed by atoms with van der Waals surface area (Å²) >= 11 is 0. The van der Waals surface area contributed by atoms with Crippen molar-refractivity contribution < 1.29 is 14.3 Å². The van der Waals surface area contributed by atoms with Gasteiger partial charge in [0.1, 0.15) is 0 Å². The number of carbonyl (C=O) groups excluding carboxylic acids is 2. The van der Waals surface area contributed by atoms with Gasteiger partial charge in [-0.15, -0.1) is 0 Å². The fourth-order valence-electron chi connectivity index (χ4n) is 5.39. The van der Waals surface area contributed by atoms with Gasteiger partial charge in [-0.2, -0.15) is 0 Å². The number of hydrogen-bond donors (Lipinski definition) is 1. The van der Waals surface area contributed by atoms with E-state index in [2.05, 4.69) is 63.3 Å². The molecule has 1 N–H and O–H groups in total. The number of nitrogens with one attached hydrogen (secondary N) is 1. The van der Waals surface area contributed by atoms with Crippen molar-refractivity contribution in [1.82, 2.24) is 5.32 Å². The maximum absolute atomic E-state index is 13.5. The number of benzene rings is 2. The molecule has 4 rings (SSSR count). The molecule has 1 aliphatic heterocycles. The molecule has 2 aromatic carbocycles. The number of ether oxygens (including phenoxy) is 1. The molecule has 2 aliphatic rings. The standard InChI is InChI=1S/C30H35NO3/c1-6-11-23-28(29(33)34-7-2)26(27-24(31-23)17-30(4,5)18-25(27)32)21-14-15-22(19(3)16-21)20-12-9-8-10-13-20/h8-10,12-16,26,31H,6-7,11,17-18H2,1-5H3. The van der Waals surface area contributed by atoms with E-state index in [1.54, 1.807) is 0 Å². The number of esters is 1. The van der Waals surface area contributed by atoms with Crippen molar-refractivity contribution in [1.29, 1.82) is 0 Å². The number of hydrogen-bond acceptors (Lipinski definition) is 4. The lowest BCUT2D eigenvalue weighted by Crippen LogP contribution is -2.39. The minimum atomic E-state index is -0.413. The Morgan fingerprint density at radius 3 is 2.47 bits per heavy atom. The van der Waals surface area contributed by atoms with Crippen molar-refractivity contribution in [3.8, 4) is 11.1 Å². The predicted octanol–water partition coefficient (Wildman–Crippen LogP) is 6.61. The van der Waals surface area contributed by atoms with Gasteiger partial charge in [-0.25, -0.2) is 4.79 Å². The topological polar surface area (TPSA) is 55.4 Å². The van der Waals surface area contributed by atoms with Crippen molar-refractivity contribution in [3.63, 3.8) is 0 Å². The van der Waals surface area contributed by atoms with E-state index in [-0.39, 0.29) is 17.2 Å². The molecule has 4 heteroatoms. The number of carbonyl (C=O) groups is 2. The van der Waals surface area contributed by atoms with E-state index in [1.165, 1.54) is 0 Å². The number of rotatable bonds is 6. The van der Waals surface area contributed by atoms with E-state index in [4.69, 9.17) is 4.74 Å². The first kappa shape index (κ1) is 24.0. The van der Waals surface area contributed by atoms with Gasteiger partial charge in [-0.05, 0) is 54.4 Å². The van der Waals surface area contributed by atoms with Crippen LogP contribution in [-0.2, 0) is 14.3 Å². The zero-order valence-corrected chi connectivity index (χ0v) is 21.0. The van der Waals surface area contributed by atoms with Gasteiger partial charge in [0.15, 0.2) is 5.78 Å². The third-order valence-corrected chi connectivity index (χ3v) is 6.79. The number of ketones is 1. The van der Waals surface area contributed by atoms with Crippen LogP contribution in [0.2, 0.25) is 0 Å². The van der Waals surface area contributed by atoms with Crippen LogP contribution in [0.3, 0.4) is 0 Å². The Kier molecular flexibility index (Phi) is 6.79. The Balaban J connectivity index is 1.89. The minimum absolute atomic E-state index is 0.112. The third kappa shape index (κ3) is 4.59. The highest BCUT2D eigenvalue weighted by Crippen LogP contribution is 2.47. The Morgan fingerprint density at radius 2 is 1.82 bits per heavy atom. The number of dihydropyridines is 1. The van der Waals surface area contributed by atoms with Crippen molar-refractivity contribution in [2.24, 2.45) is 5.41 Å². The van der Waals surface area contributed by atoms with E-state index in [0.29, 0.717) is 18.6 Å². The predicted molar refractivity (Wildman–Crippen MR) is 136 cm³/mol. The van der Waals surface area contributed by atoms with Crippen LogP contribution < -0.4 is 5.32 Å². The molecule has 0 spiro atoms. The van der Waals surface area contributed by atoms with E-state index >= 15 is 0 Å². The summed E-state index contributed by atoms with van der Waals surface area (Å²) in [5.41, 5.74) is 7.45. The van der Waals surface area contributed by atoms with Gasteiger partial charge in [0, 0.05) is 29.3 Å². The summed E-state index contributed by atoms with van der Waals surface area (Å²) in [6.07, 6.45) is 2.89. The Labute approximate surface area is 203 Å². The molecule has 0 radical (unpaired) electrons. The molecule has 0 amide bonds. The average molecular weight is 458 g/mol. The van der Waals surface area contributed by atoms with Crippen LogP contribution in [0, 0.1) is 12.3 Å². The van der Waals surface area contributed by atoms with Crippen LogP contribution in [0.1, 0.15) is 70.4 Å². The van der Waals surface area contributed by atoms with Crippen LogP contribution in [-0.4, -0.2) is 18.4 Å². The van der Waals surface area contributed by atoms with Gasteiger partial charge in [-0.3, -0.25) is 4.79 Å². The fourth-order valence-corrected chi connectivity index (χ4v) is 5.39. The van der Waals surface area contributed by atoms with Crippen molar-refractivity contribution in [3.05, 3.63) is 82.2 Å². The molecule has 0 aromatic heterocycles. The average Bonchev–Trinajstić information content (AvgIpc) is 2.78. The molecule has 34 heavy (non-hydrogen) atoms. The minimum Gasteiger partial charge on any atom is -0.463 e. The molecule has 1 aliphatic carbocycles. The van der Waals surface area contributed by atoms with Crippen molar-refractivity contribution in [2.75, 3.05) is 6.61 Å².